The molecular weight excluding hydrogens is 202 g/mol. The Labute approximate surface area is 98.1 Å². The number of rotatable bonds is 2. The number of carbonyl (C=O) groups is 1. The van der Waals surface area contributed by atoms with Crippen LogP contribution in [0.15, 0.2) is 4.99 Å². The van der Waals surface area contributed by atoms with Gasteiger partial charge in [0, 0.05) is 33.2 Å². The maximum atomic E-state index is 12.2. The van der Waals surface area contributed by atoms with E-state index in [0.29, 0.717) is 5.71 Å². The summed E-state index contributed by atoms with van der Waals surface area (Å²) < 4.78 is 0. The highest BCUT2D eigenvalue weighted by molar-refractivity contribution is 6.38. The third kappa shape index (κ3) is 3.93. The van der Waals surface area contributed by atoms with E-state index < -0.39 is 0 Å². The van der Waals surface area contributed by atoms with Crippen LogP contribution in [0.2, 0.25) is 0 Å². The smallest absolute Gasteiger partial charge is 0.267 e. The molecule has 0 bridgehead atoms. The molecule has 1 aliphatic rings. The summed E-state index contributed by atoms with van der Waals surface area (Å²) in [5.74, 6) is 0.110. The third-order valence-corrected chi connectivity index (χ3v) is 2.62. The van der Waals surface area contributed by atoms with Crippen LogP contribution in [-0.4, -0.2) is 49.7 Å². The van der Waals surface area contributed by atoms with Crippen LogP contribution in [0, 0.1) is 5.41 Å². The Morgan fingerprint density at radius 2 is 1.88 bits per heavy atom. The van der Waals surface area contributed by atoms with Crippen LogP contribution in [-0.2, 0) is 4.79 Å². The van der Waals surface area contributed by atoms with Crippen LogP contribution >= 0.6 is 0 Å². The Bertz CT molecular complexity index is 272. The molecule has 1 heterocycles. The van der Waals surface area contributed by atoms with Gasteiger partial charge in [-0.3, -0.25) is 9.79 Å². The van der Waals surface area contributed by atoms with Crippen molar-refractivity contribution < 1.29 is 4.79 Å². The van der Waals surface area contributed by atoms with Crippen molar-refractivity contribution in [3.63, 3.8) is 0 Å². The minimum atomic E-state index is 0.110. The molecule has 92 valence electrons. The molecule has 4 nitrogen and oxygen atoms in total. The summed E-state index contributed by atoms with van der Waals surface area (Å²) in [5.41, 5.74) is 0.813. The standard InChI is InChI=1S/C12H23N3O/c1-12(2,3)9-10(13-4)11(16)15-7-5-14-6-8-15/h14H,5-9H2,1-4H3. The summed E-state index contributed by atoms with van der Waals surface area (Å²) in [6, 6.07) is 0. The zero-order valence-corrected chi connectivity index (χ0v) is 10.8. The molecule has 1 rings (SSSR count). The van der Waals surface area contributed by atoms with Gasteiger partial charge in [-0.25, -0.2) is 0 Å². The third-order valence-electron chi connectivity index (χ3n) is 2.62. The van der Waals surface area contributed by atoms with Crippen LogP contribution < -0.4 is 5.32 Å². The molecule has 0 aromatic heterocycles. The summed E-state index contributed by atoms with van der Waals surface area (Å²) in [4.78, 5) is 18.2. The number of nitrogens with one attached hydrogen (secondary N) is 1. The van der Waals surface area contributed by atoms with E-state index >= 15 is 0 Å². The van der Waals surface area contributed by atoms with E-state index in [1.54, 1.807) is 7.05 Å². The Balaban J connectivity index is 2.62. The molecule has 1 aliphatic heterocycles. The number of nitrogens with zero attached hydrogens (tertiary/aromatic N) is 2. The van der Waals surface area contributed by atoms with Gasteiger partial charge in [0.1, 0.15) is 0 Å². The van der Waals surface area contributed by atoms with E-state index in [-0.39, 0.29) is 11.3 Å². The number of carbonyl (C=O) groups excluding carboxylic acids is 1. The van der Waals surface area contributed by atoms with E-state index in [9.17, 15) is 4.79 Å². The van der Waals surface area contributed by atoms with E-state index in [1.165, 1.54) is 0 Å². The van der Waals surface area contributed by atoms with Crippen LogP contribution in [0.3, 0.4) is 0 Å². The van der Waals surface area contributed by atoms with Crippen molar-refractivity contribution in [3.05, 3.63) is 0 Å². The van der Waals surface area contributed by atoms with Gasteiger partial charge in [0.05, 0.1) is 5.71 Å². The number of hydrogen-bond acceptors (Lipinski definition) is 3. The van der Waals surface area contributed by atoms with E-state index in [2.05, 4.69) is 31.1 Å². The first kappa shape index (κ1) is 13.2. The topological polar surface area (TPSA) is 44.7 Å². The lowest BCUT2D eigenvalue weighted by Gasteiger charge is -2.29. The highest BCUT2D eigenvalue weighted by atomic mass is 16.2. The number of aliphatic imine (C=N–C) groups is 1. The van der Waals surface area contributed by atoms with Crippen LogP contribution in [0.5, 0.6) is 0 Å². The quantitative estimate of drug-likeness (QED) is 0.710. The van der Waals surface area contributed by atoms with Gasteiger partial charge in [-0.2, -0.15) is 0 Å². The van der Waals surface area contributed by atoms with E-state index in [1.807, 2.05) is 4.90 Å². The van der Waals surface area contributed by atoms with Crippen molar-refractivity contribution in [3.8, 4) is 0 Å². The second kappa shape index (κ2) is 5.43. The molecule has 0 aromatic carbocycles. The predicted molar refractivity (Wildman–Crippen MR) is 66.9 cm³/mol. The molecule has 0 spiro atoms. The minimum absolute atomic E-state index is 0.110. The van der Waals surface area contributed by atoms with Crippen molar-refractivity contribution >= 4 is 11.6 Å². The van der Waals surface area contributed by atoms with Gasteiger partial charge in [-0.15, -0.1) is 0 Å². The normalized spacial score (nSPS) is 18.8. The average Bonchev–Trinajstić information content (AvgIpc) is 2.25. The average molecular weight is 225 g/mol. The monoisotopic (exact) mass is 225 g/mol. The minimum Gasteiger partial charge on any atom is -0.335 e. The predicted octanol–water partition coefficient (Wildman–Crippen LogP) is 0.925. The maximum Gasteiger partial charge on any atom is 0.267 e. The highest BCUT2D eigenvalue weighted by Crippen LogP contribution is 2.20. The van der Waals surface area contributed by atoms with Crippen molar-refractivity contribution in [1.82, 2.24) is 10.2 Å². The lowest BCUT2D eigenvalue weighted by Crippen LogP contribution is -2.49. The first-order valence-electron chi connectivity index (χ1n) is 5.90. The van der Waals surface area contributed by atoms with Crippen molar-refractivity contribution in [1.29, 1.82) is 0 Å². The second-order valence-electron chi connectivity index (χ2n) is 5.45. The fraction of sp³-hybridized carbons (Fsp3) is 0.833. The first-order valence-corrected chi connectivity index (χ1v) is 5.90. The Morgan fingerprint density at radius 3 is 2.31 bits per heavy atom. The molecule has 1 N–H and O–H groups in total. The summed E-state index contributed by atoms with van der Waals surface area (Å²) >= 11 is 0. The van der Waals surface area contributed by atoms with E-state index in [0.717, 1.165) is 32.6 Å². The largest absolute Gasteiger partial charge is 0.335 e. The van der Waals surface area contributed by atoms with Gasteiger partial charge < -0.3 is 10.2 Å². The first-order chi connectivity index (χ1) is 7.44. The van der Waals surface area contributed by atoms with Crippen molar-refractivity contribution in [2.75, 3.05) is 33.2 Å². The summed E-state index contributed by atoms with van der Waals surface area (Å²) in [6.45, 7) is 9.75. The molecule has 0 atom stereocenters. The molecule has 0 aromatic rings. The van der Waals surface area contributed by atoms with Gasteiger partial charge in [-0.05, 0) is 11.8 Å². The summed E-state index contributed by atoms with van der Waals surface area (Å²) in [6.07, 6.45) is 0.742. The fourth-order valence-corrected chi connectivity index (χ4v) is 1.80. The zero-order chi connectivity index (χ0) is 12.2. The molecule has 0 saturated carbocycles. The molecule has 0 unspecified atom stereocenters. The van der Waals surface area contributed by atoms with Gasteiger partial charge in [0.15, 0.2) is 0 Å². The molecule has 1 amide bonds. The molecule has 16 heavy (non-hydrogen) atoms. The lowest BCUT2D eigenvalue weighted by molar-refractivity contribution is -0.124. The zero-order valence-electron chi connectivity index (χ0n) is 10.8. The molecule has 4 heteroatoms. The Morgan fingerprint density at radius 1 is 1.31 bits per heavy atom. The van der Waals surface area contributed by atoms with Crippen molar-refractivity contribution in [2.24, 2.45) is 10.4 Å². The van der Waals surface area contributed by atoms with Crippen LogP contribution in [0.4, 0.5) is 0 Å². The van der Waals surface area contributed by atoms with Gasteiger partial charge in [0.2, 0.25) is 0 Å². The molecule has 0 aliphatic carbocycles. The fourth-order valence-electron chi connectivity index (χ4n) is 1.80. The van der Waals surface area contributed by atoms with E-state index in [4.69, 9.17) is 0 Å². The maximum absolute atomic E-state index is 12.2. The summed E-state index contributed by atoms with van der Waals surface area (Å²) in [7, 11) is 1.71. The molecule has 1 saturated heterocycles. The van der Waals surface area contributed by atoms with Crippen LogP contribution in [0.25, 0.3) is 0 Å². The number of piperazine rings is 1. The van der Waals surface area contributed by atoms with Gasteiger partial charge in [0.25, 0.3) is 5.91 Å². The van der Waals surface area contributed by atoms with Gasteiger partial charge >= 0.3 is 0 Å². The molecule has 1 fully saturated rings. The summed E-state index contributed by atoms with van der Waals surface area (Å²) in [5, 5.41) is 3.24. The molecular formula is C12H23N3O. The highest BCUT2D eigenvalue weighted by Gasteiger charge is 2.24. The molecule has 0 radical (unpaired) electrons. The van der Waals surface area contributed by atoms with Crippen molar-refractivity contribution in [2.45, 2.75) is 27.2 Å². The Hall–Kier alpha value is -0.900. The van der Waals surface area contributed by atoms with Gasteiger partial charge in [-0.1, -0.05) is 20.8 Å². The Kier molecular flexibility index (Phi) is 4.47. The lowest BCUT2D eigenvalue weighted by atomic mass is 9.89. The SMILES string of the molecule is CN=C(CC(C)(C)C)C(=O)N1CCNCC1. The number of amides is 1. The second-order valence-corrected chi connectivity index (χ2v) is 5.45. The van der Waals surface area contributed by atoms with Crippen LogP contribution in [0.1, 0.15) is 27.2 Å². The number of hydrogen-bond donors (Lipinski definition) is 1.